The minimum absolute atomic E-state index is 0.0389. The second-order valence-electron chi connectivity index (χ2n) is 4.28. The smallest absolute Gasteiger partial charge is 0.416 e. The molecule has 0 amide bonds. The van der Waals surface area contributed by atoms with Crippen LogP contribution in [0.3, 0.4) is 0 Å². The molecule has 1 rings (SSSR count). The van der Waals surface area contributed by atoms with Crippen molar-refractivity contribution in [2.75, 3.05) is 6.61 Å². The van der Waals surface area contributed by atoms with Gasteiger partial charge in [-0.1, -0.05) is 13.3 Å². The van der Waals surface area contributed by atoms with E-state index in [0.29, 0.717) is 25.0 Å². The van der Waals surface area contributed by atoms with Crippen LogP contribution in [0.1, 0.15) is 41.3 Å². The molecule has 0 aliphatic rings. The molecule has 0 heterocycles. The average molecular weight is 314 g/mol. The van der Waals surface area contributed by atoms with Gasteiger partial charge >= 0.3 is 18.3 Å². The molecule has 118 valence electrons. The van der Waals surface area contributed by atoms with E-state index >= 15 is 0 Å². The van der Waals surface area contributed by atoms with Crippen LogP contribution in [-0.2, 0) is 17.1 Å². The largest absolute Gasteiger partial charge is 0.462 e. The van der Waals surface area contributed by atoms with Crippen LogP contribution in [-0.4, -0.2) is 12.6 Å². The van der Waals surface area contributed by atoms with Gasteiger partial charge in [-0.05, 0) is 24.6 Å². The first-order valence-electron chi connectivity index (χ1n) is 6.02. The Morgan fingerprint density at radius 2 is 1.48 bits per heavy atom. The molecule has 0 radical (unpaired) electrons. The van der Waals surface area contributed by atoms with Crippen molar-refractivity contribution in [3.8, 4) is 0 Å². The molecule has 0 aliphatic heterocycles. The minimum Gasteiger partial charge on any atom is -0.462 e. The number of ether oxygens (including phenoxy) is 1. The van der Waals surface area contributed by atoms with Crippen LogP contribution < -0.4 is 0 Å². The summed E-state index contributed by atoms with van der Waals surface area (Å²) in [5.41, 5.74) is -3.85. The molecular formula is C13H12F6O2. The Morgan fingerprint density at radius 1 is 1.00 bits per heavy atom. The lowest BCUT2D eigenvalue weighted by Gasteiger charge is -2.13. The van der Waals surface area contributed by atoms with Crippen LogP contribution >= 0.6 is 0 Å². The van der Waals surface area contributed by atoms with Crippen molar-refractivity contribution in [2.45, 2.75) is 32.1 Å². The number of benzene rings is 1. The van der Waals surface area contributed by atoms with E-state index < -0.39 is 35.0 Å². The van der Waals surface area contributed by atoms with E-state index in [0.717, 1.165) is 0 Å². The zero-order chi connectivity index (χ0) is 16.3. The van der Waals surface area contributed by atoms with E-state index in [-0.39, 0.29) is 12.7 Å². The zero-order valence-corrected chi connectivity index (χ0v) is 10.9. The quantitative estimate of drug-likeness (QED) is 0.458. The maximum Gasteiger partial charge on any atom is 0.416 e. The minimum atomic E-state index is -4.99. The molecule has 1 aromatic rings. The molecule has 8 heteroatoms. The summed E-state index contributed by atoms with van der Waals surface area (Å²) in [6.45, 7) is 1.73. The Morgan fingerprint density at radius 3 is 1.86 bits per heavy atom. The highest BCUT2D eigenvalue weighted by Crippen LogP contribution is 2.36. The first kappa shape index (κ1) is 17.3. The lowest BCUT2D eigenvalue weighted by atomic mass is 10.0. The van der Waals surface area contributed by atoms with Crippen molar-refractivity contribution < 1.29 is 35.9 Å². The summed E-state index contributed by atoms with van der Waals surface area (Å²) in [4.78, 5) is 11.5. The number of hydrogen-bond donors (Lipinski definition) is 0. The van der Waals surface area contributed by atoms with Crippen molar-refractivity contribution in [1.29, 1.82) is 0 Å². The number of carbonyl (C=O) groups excluding carboxylic acids is 1. The van der Waals surface area contributed by atoms with Crippen molar-refractivity contribution in [1.82, 2.24) is 0 Å². The fourth-order valence-electron chi connectivity index (χ4n) is 1.47. The van der Waals surface area contributed by atoms with Gasteiger partial charge < -0.3 is 4.74 Å². The van der Waals surface area contributed by atoms with Crippen molar-refractivity contribution in [3.63, 3.8) is 0 Å². The van der Waals surface area contributed by atoms with Gasteiger partial charge in [0.05, 0.1) is 23.3 Å². The third kappa shape index (κ3) is 4.95. The summed E-state index contributed by atoms with van der Waals surface area (Å²) in [7, 11) is 0. The summed E-state index contributed by atoms with van der Waals surface area (Å²) in [5.74, 6) is -1.21. The Kier molecular flexibility index (Phi) is 5.25. The van der Waals surface area contributed by atoms with Gasteiger partial charge in [-0.3, -0.25) is 0 Å². The van der Waals surface area contributed by atoms with Crippen LogP contribution in [0.25, 0.3) is 0 Å². The summed E-state index contributed by atoms with van der Waals surface area (Å²) in [5, 5.41) is 0. The molecule has 21 heavy (non-hydrogen) atoms. The molecule has 0 bridgehead atoms. The fraction of sp³-hybridized carbons (Fsp3) is 0.462. The Balaban J connectivity index is 3.17. The lowest BCUT2D eigenvalue weighted by molar-refractivity contribution is -0.143. The van der Waals surface area contributed by atoms with E-state index in [1.807, 2.05) is 0 Å². The molecule has 0 spiro atoms. The molecular weight excluding hydrogens is 302 g/mol. The number of hydrogen-bond acceptors (Lipinski definition) is 2. The topological polar surface area (TPSA) is 26.3 Å². The van der Waals surface area contributed by atoms with Crippen molar-refractivity contribution in [2.24, 2.45) is 0 Å². The van der Waals surface area contributed by atoms with Crippen LogP contribution in [0.4, 0.5) is 26.3 Å². The van der Waals surface area contributed by atoms with E-state index in [9.17, 15) is 31.1 Å². The molecule has 0 saturated carbocycles. The van der Waals surface area contributed by atoms with Crippen LogP contribution in [0.2, 0.25) is 0 Å². The normalized spacial score (nSPS) is 12.3. The molecule has 0 aliphatic carbocycles. The molecule has 0 fully saturated rings. The van der Waals surface area contributed by atoms with E-state index in [1.165, 1.54) is 0 Å². The van der Waals surface area contributed by atoms with Crippen molar-refractivity contribution >= 4 is 5.97 Å². The Hall–Kier alpha value is -1.73. The van der Waals surface area contributed by atoms with Gasteiger partial charge in [0.2, 0.25) is 0 Å². The molecule has 0 saturated heterocycles. The SMILES string of the molecule is CCCCOC(=O)c1cc(C(F)(F)F)cc(C(F)(F)F)c1. The zero-order valence-electron chi connectivity index (χ0n) is 10.9. The second-order valence-corrected chi connectivity index (χ2v) is 4.28. The fourth-order valence-corrected chi connectivity index (χ4v) is 1.47. The molecule has 0 unspecified atom stereocenters. The summed E-state index contributed by atoms with van der Waals surface area (Å²) < 4.78 is 80.1. The standard InChI is InChI=1S/C13H12F6O2/c1-2-3-4-21-11(20)8-5-9(12(14,15)16)7-10(6-8)13(17,18)19/h5-7H,2-4H2,1H3. The third-order valence-corrected chi connectivity index (χ3v) is 2.55. The van der Waals surface area contributed by atoms with Gasteiger partial charge in [-0.2, -0.15) is 26.3 Å². The highest BCUT2D eigenvalue weighted by atomic mass is 19.4. The van der Waals surface area contributed by atoms with Gasteiger partial charge in [0.15, 0.2) is 0 Å². The number of esters is 1. The molecule has 0 atom stereocenters. The third-order valence-electron chi connectivity index (χ3n) is 2.55. The maximum atomic E-state index is 12.6. The van der Waals surface area contributed by atoms with Crippen molar-refractivity contribution in [3.05, 3.63) is 34.9 Å². The maximum absolute atomic E-state index is 12.6. The lowest BCUT2D eigenvalue weighted by Crippen LogP contribution is -2.14. The molecule has 1 aromatic carbocycles. The first-order chi connectivity index (χ1) is 9.55. The Bertz CT molecular complexity index is 472. The summed E-state index contributed by atoms with van der Waals surface area (Å²) in [6, 6.07) is 0.663. The molecule has 0 aromatic heterocycles. The van der Waals surface area contributed by atoms with Gasteiger partial charge in [0.25, 0.3) is 0 Å². The van der Waals surface area contributed by atoms with E-state index in [1.54, 1.807) is 6.92 Å². The molecule has 0 N–H and O–H groups in total. The van der Waals surface area contributed by atoms with Crippen LogP contribution in [0, 0.1) is 0 Å². The molecule has 2 nitrogen and oxygen atoms in total. The highest BCUT2D eigenvalue weighted by molar-refractivity contribution is 5.90. The van der Waals surface area contributed by atoms with Crippen LogP contribution in [0.15, 0.2) is 18.2 Å². The number of unbranched alkanes of at least 4 members (excludes halogenated alkanes) is 1. The summed E-state index contributed by atoms with van der Waals surface area (Å²) >= 11 is 0. The highest BCUT2D eigenvalue weighted by Gasteiger charge is 2.37. The predicted molar refractivity (Wildman–Crippen MR) is 61.6 cm³/mol. The van der Waals surface area contributed by atoms with E-state index in [4.69, 9.17) is 0 Å². The van der Waals surface area contributed by atoms with Gasteiger partial charge in [-0.15, -0.1) is 0 Å². The predicted octanol–water partition coefficient (Wildman–Crippen LogP) is 4.68. The van der Waals surface area contributed by atoms with Gasteiger partial charge in [0, 0.05) is 0 Å². The number of carbonyl (C=O) groups is 1. The number of rotatable bonds is 4. The summed E-state index contributed by atoms with van der Waals surface area (Å²) in [6.07, 6.45) is -8.83. The average Bonchev–Trinajstić information content (AvgIpc) is 2.36. The Labute approximate surface area is 116 Å². The number of halogens is 6. The van der Waals surface area contributed by atoms with Gasteiger partial charge in [-0.25, -0.2) is 4.79 Å². The monoisotopic (exact) mass is 314 g/mol. The van der Waals surface area contributed by atoms with Crippen LogP contribution in [0.5, 0.6) is 0 Å². The number of alkyl halides is 6. The second kappa shape index (κ2) is 6.36. The first-order valence-corrected chi connectivity index (χ1v) is 6.02. The van der Waals surface area contributed by atoms with E-state index in [2.05, 4.69) is 4.74 Å². The van der Waals surface area contributed by atoms with Gasteiger partial charge in [0.1, 0.15) is 0 Å².